The quantitative estimate of drug-likeness (QED) is 0.368. The third-order valence-corrected chi connectivity index (χ3v) is 6.21. The Balaban J connectivity index is 1.52. The van der Waals surface area contributed by atoms with E-state index in [9.17, 15) is 19.8 Å². The van der Waals surface area contributed by atoms with Crippen molar-refractivity contribution in [2.75, 3.05) is 5.32 Å². The summed E-state index contributed by atoms with van der Waals surface area (Å²) in [5.41, 5.74) is 1.29. The molecule has 0 fully saturated rings. The molecule has 10 heteroatoms. The van der Waals surface area contributed by atoms with Gasteiger partial charge in [0.05, 0.1) is 15.3 Å². The highest BCUT2D eigenvalue weighted by Gasteiger charge is 2.24. The number of carboxylic acids is 1. The van der Waals surface area contributed by atoms with Crippen molar-refractivity contribution in [1.29, 1.82) is 0 Å². The van der Waals surface area contributed by atoms with Crippen molar-refractivity contribution >= 4 is 61.6 Å². The van der Waals surface area contributed by atoms with Gasteiger partial charge < -0.3 is 19.9 Å². The third-order valence-electron chi connectivity index (χ3n) is 4.51. The van der Waals surface area contributed by atoms with Gasteiger partial charge in [-0.25, -0.2) is 4.79 Å². The van der Waals surface area contributed by atoms with Crippen molar-refractivity contribution in [1.82, 2.24) is 9.59 Å². The molecule has 30 heavy (non-hydrogen) atoms. The van der Waals surface area contributed by atoms with E-state index in [2.05, 4.69) is 14.9 Å². The third kappa shape index (κ3) is 2.98. The van der Waals surface area contributed by atoms with Crippen molar-refractivity contribution in [3.05, 3.63) is 59.0 Å². The number of hydrogen-bond acceptors (Lipinski definition) is 8. The first kappa shape index (κ1) is 18.3. The van der Waals surface area contributed by atoms with Gasteiger partial charge in [0, 0.05) is 16.3 Å². The molecule has 0 aliphatic heterocycles. The monoisotopic (exact) mass is 437 g/mol. The molecule has 0 atom stereocenters. The molecule has 3 N–H and O–H groups in total. The lowest BCUT2D eigenvalue weighted by Crippen LogP contribution is -2.14. The van der Waals surface area contributed by atoms with E-state index >= 15 is 0 Å². The molecule has 5 aromatic rings. The Morgan fingerprint density at radius 3 is 2.80 bits per heavy atom. The van der Waals surface area contributed by atoms with Gasteiger partial charge in [-0.1, -0.05) is 16.6 Å². The van der Waals surface area contributed by atoms with E-state index in [1.54, 1.807) is 41.8 Å². The van der Waals surface area contributed by atoms with Crippen LogP contribution in [0.4, 0.5) is 5.69 Å². The molecule has 8 nitrogen and oxygen atoms in total. The van der Waals surface area contributed by atoms with Gasteiger partial charge in [0.15, 0.2) is 11.3 Å². The second-order valence-corrected chi connectivity index (χ2v) is 8.04. The van der Waals surface area contributed by atoms with E-state index in [1.165, 1.54) is 17.6 Å². The lowest BCUT2D eigenvalue weighted by atomic mass is 10.1. The maximum absolute atomic E-state index is 12.7. The van der Waals surface area contributed by atoms with Crippen molar-refractivity contribution in [2.45, 2.75) is 0 Å². The van der Waals surface area contributed by atoms with Gasteiger partial charge in [0.25, 0.3) is 5.91 Å². The fourth-order valence-corrected chi connectivity index (χ4v) is 4.60. The standard InChI is InChI=1S/C20H11N3O5S2/c24-13-3-1-2-9-7-14(28-17(9)13)18-16(20(26)27)12(8-29-18)21-19(25)10-4-5-15-11(6-10)22-23-30-15/h1-8,24H,(H,21,25)(H,26,27). The number of carbonyl (C=O) groups excluding carboxylic acids is 1. The van der Waals surface area contributed by atoms with Gasteiger partial charge in [0.2, 0.25) is 0 Å². The van der Waals surface area contributed by atoms with Crippen LogP contribution in [-0.4, -0.2) is 31.7 Å². The number of carboxylic acid groups (broad SMARTS) is 1. The summed E-state index contributed by atoms with van der Waals surface area (Å²) in [6.07, 6.45) is 0. The van der Waals surface area contributed by atoms with Crippen LogP contribution in [0.15, 0.2) is 52.3 Å². The highest BCUT2D eigenvalue weighted by atomic mass is 32.1. The lowest BCUT2D eigenvalue weighted by molar-refractivity contribution is 0.0699. The number of hydrogen-bond donors (Lipinski definition) is 3. The predicted molar refractivity (Wildman–Crippen MR) is 114 cm³/mol. The summed E-state index contributed by atoms with van der Waals surface area (Å²) in [5.74, 6) is -1.40. The molecule has 1 amide bonds. The lowest BCUT2D eigenvalue weighted by Gasteiger charge is -2.05. The fourth-order valence-electron chi connectivity index (χ4n) is 3.12. The summed E-state index contributed by atoms with van der Waals surface area (Å²) < 4.78 is 10.4. The van der Waals surface area contributed by atoms with Gasteiger partial charge in [-0.05, 0) is 41.9 Å². The van der Waals surface area contributed by atoms with Crippen LogP contribution in [0.25, 0.3) is 31.8 Å². The Kier molecular flexibility index (Phi) is 4.23. The first-order valence-corrected chi connectivity index (χ1v) is 10.3. The van der Waals surface area contributed by atoms with Crippen LogP contribution in [0.2, 0.25) is 0 Å². The zero-order valence-electron chi connectivity index (χ0n) is 14.9. The van der Waals surface area contributed by atoms with Crippen LogP contribution in [0.1, 0.15) is 20.7 Å². The maximum atomic E-state index is 12.7. The highest BCUT2D eigenvalue weighted by molar-refractivity contribution is 7.14. The number of benzene rings is 2. The van der Waals surface area contributed by atoms with Crippen LogP contribution in [-0.2, 0) is 0 Å². The normalized spacial score (nSPS) is 11.2. The van der Waals surface area contributed by atoms with Gasteiger partial charge in [-0.2, -0.15) is 0 Å². The Hall–Kier alpha value is -3.76. The first-order chi connectivity index (χ1) is 14.5. The predicted octanol–water partition coefficient (Wildman–Crippen LogP) is 4.82. The number of carbonyl (C=O) groups is 2. The van der Waals surface area contributed by atoms with Gasteiger partial charge in [0.1, 0.15) is 16.8 Å². The van der Waals surface area contributed by atoms with Crippen LogP contribution in [0.3, 0.4) is 0 Å². The number of furan rings is 1. The summed E-state index contributed by atoms with van der Waals surface area (Å²) in [4.78, 5) is 25.0. The molecule has 3 heterocycles. The molecule has 0 radical (unpaired) electrons. The number of phenolic OH excluding ortho intramolecular Hbond substituents is 1. The average Bonchev–Trinajstić information content (AvgIpc) is 3.45. The van der Waals surface area contributed by atoms with Crippen LogP contribution in [0.5, 0.6) is 5.75 Å². The Morgan fingerprint density at radius 2 is 2.00 bits per heavy atom. The molecule has 0 saturated heterocycles. The van der Waals surface area contributed by atoms with E-state index in [1.807, 2.05) is 0 Å². The number of phenols is 1. The van der Waals surface area contributed by atoms with E-state index in [4.69, 9.17) is 4.42 Å². The Labute approximate surface area is 176 Å². The second kappa shape index (κ2) is 6.94. The number of aromatic nitrogens is 2. The number of aromatic hydroxyl groups is 1. The SMILES string of the molecule is O=C(Nc1csc(-c2cc3cccc(O)c3o2)c1C(=O)O)c1ccc2snnc2c1. The molecular weight excluding hydrogens is 426 g/mol. The number of fused-ring (bicyclic) bond motifs is 2. The fraction of sp³-hybridized carbons (Fsp3) is 0. The van der Waals surface area contributed by atoms with Gasteiger partial charge in [-0.15, -0.1) is 16.4 Å². The average molecular weight is 437 g/mol. The van der Waals surface area contributed by atoms with Crippen LogP contribution >= 0.6 is 22.9 Å². The van der Waals surface area contributed by atoms with Crippen molar-refractivity contribution in [3.63, 3.8) is 0 Å². The molecule has 0 spiro atoms. The zero-order valence-corrected chi connectivity index (χ0v) is 16.6. The molecule has 3 aromatic heterocycles. The maximum Gasteiger partial charge on any atom is 0.339 e. The van der Waals surface area contributed by atoms with E-state index in [0.717, 1.165) is 16.0 Å². The first-order valence-electron chi connectivity index (χ1n) is 8.61. The summed E-state index contributed by atoms with van der Waals surface area (Å²) in [6.45, 7) is 0. The largest absolute Gasteiger partial charge is 0.504 e. The molecule has 5 rings (SSSR count). The molecule has 2 aromatic carbocycles. The minimum atomic E-state index is -1.20. The van der Waals surface area contributed by atoms with Crippen LogP contribution in [0, 0.1) is 0 Å². The summed E-state index contributed by atoms with van der Waals surface area (Å²) in [6, 6.07) is 11.5. The topological polar surface area (TPSA) is 126 Å². The number of anilines is 1. The smallest absolute Gasteiger partial charge is 0.339 e. The van der Waals surface area contributed by atoms with Crippen LogP contribution < -0.4 is 5.32 Å². The minimum Gasteiger partial charge on any atom is -0.504 e. The molecular formula is C20H11N3O5S2. The summed E-state index contributed by atoms with van der Waals surface area (Å²) >= 11 is 2.35. The zero-order chi connectivity index (χ0) is 20.8. The molecule has 0 unspecified atom stereocenters. The number of aromatic carboxylic acids is 1. The van der Waals surface area contributed by atoms with Crippen molar-refractivity contribution in [2.24, 2.45) is 0 Å². The number of thiophene rings is 1. The number of para-hydroxylation sites is 1. The Morgan fingerprint density at radius 1 is 1.13 bits per heavy atom. The number of nitrogens with one attached hydrogen (secondary N) is 1. The van der Waals surface area contributed by atoms with Gasteiger partial charge in [-0.3, -0.25) is 4.79 Å². The molecule has 148 valence electrons. The second-order valence-electron chi connectivity index (χ2n) is 6.37. The molecule has 0 bridgehead atoms. The minimum absolute atomic E-state index is 0.0346. The molecule has 0 saturated carbocycles. The van der Waals surface area contributed by atoms with Gasteiger partial charge >= 0.3 is 5.97 Å². The van der Waals surface area contributed by atoms with E-state index in [0.29, 0.717) is 27.1 Å². The van der Waals surface area contributed by atoms with E-state index < -0.39 is 11.9 Å². The summed E-state index contributed by atoms with van der Waals surface area (Å²) in [7, 11) is 0. The highest BCUT2D eigenvalue weighted by Crippen LogP contribution is 2.40. The number of amides is 1. The Bertz CT molecular complexity index is 1450. The van der Waals surface area contributed by atoms with E-state index in [-0.39, 0.29) is 22.6 Å². The molecule has 0 aliphatic rings. The van der Waals surface area contributed by atoms with Crippen molar-refractivity contribution < 1.29 is 24.2 Å². The number of nitrogens with zero attached hydrogens (tertiary/aromatic N) is 2. The number of rotatable bonds is 4. The summed E-state index contributed by atoms with van der Waals surface area (Å²) in [5, 5.41) is 28.5. The molecule has 0 aliphatic carbocycles. The van der Waals surface area contributed by atoms with Crippen molar-refractivity contribution in [3.8, 4) is 16.4 Å².